The quantitative estimate of drug-likeness (QED) is 0.755. The predicted molar refractivity (Wildman–Crippen MR) is 78.9 cm³/mol. The van der Waals surface area contributed by atoms with Gasteiger partial charge in [0.15, 0.2) is 5.13 Å². The largest absolute Gasteiger partial charge is 0.298 e. The number of halogens is 3. The standard InChI is InChI=1S/C14H7ClF2N2OS/c15-9-2-1-3-11-12(9)18-14(21-11)19-13(20)8-5-4-7(16)6-10(8)17/h1-6H,(H,18,19,20). The third kappa shape index (κ3) is 2.72. The molecule has 0 aliphatic heterocycles. The molecule has 3 nitrogen and oxygen atoms in total. The number of amides is 1. The van der Waals surface area contributed by atoms with Gasteiger partial charge in [0, 0.05) is 6.07 Å². The Morgan fingerprint density at radius 3 is 2.76 bits per heavy atom. The average molecular weight is 325 g/mol. The van der Waals surface area contributed by atoms with Gasteiger partial charge in [0.25, 0.3) is 5.91 Å². The van der Waals surface area contributed by atoms with Gasteiger partial charge in [-0.25, -0.2) is 13.8 Å². The van der Waals surface area contributed by atoms with Crippen LogP contribution in [0.1, 0.15) is 10.4 Å². The van der Waals surface area contributed by atoms with Crippen molar-refractivity contribution in [2.75, 3.05) is 5.32 Å². The van der Waals surface area contributed by atoms with E-state index in [1.54, 1.807) is 12.1 Å². The van der Waals surface area contributed by atoms with Crippen molar-refractivity contribution in [3.63, 3.8) is 0 Å². The van der Waals surface area contributed by atoms with E-state index in [0.717, 1.165) is 16.8 Å². The van der Waals surface area contributed by atoms with E-state index in [-0.39, 0.29) is 5.56 Å². The molecule has 1 aromatic heterocycles. The lowest BCUT2D eigenvalue weighted by Gasteiger charge is -2.02. The van der Waals surface area contributed by atoms with Crippen LogP contribution >= 0.6 is 22.9 Å². The Balaban J connectivity index is 1.91. The van der Waals surface area contributed by atoms with Gasteiger partial charge in [0.2, 0.25) is 0 Å². The summed E-state index contributed by atoms with van der Waals surface area (Å²) in [5, 5.41) is 3.25. The number of aromatic nitrogens is 1. The highest BCUT2D eigenvalue weighted by atomic mass is 35.5. The second-order valence-electron chi connectivity index (χ2n) is 4.18. The van der Waals surface area contributed by atoms with E-state index in [1.807, 2.05) is 6.07 Å². The first-order chi connectivity index (χ1) is 10.0. The molecule has 3 aromatic rings. The van der Waals surface area contributed by atoms with Gasteiger partial charge < -0.3 is 0 Å². The molecule has 21 heavy (non-hydrogen) atoms. The number of benzene rings is 2. The van der Waals surface area contributed by atoms with Crippen LogP contribution < -0.4 is 5.32 Å². The first-order valence-electron chi connectivity index (χ1n) is 5.86. The van der Waals surface area contributed by atoms with E-state index >= 15 is 0 Å². The van der Waals surface area contributed by atoms with Crippen LogP contribution in [0.25, 0.3) is 10.2 Å². The third-order valence-corrected chi connectivity index (χ3v) is 4.01. The minimum atomic E-state index is -0.924. The summed E-state index contributed by atoms with van der Waals surface area (Å²) < 4.78 is 27.2. The number of nitrogens with zero attached hydrogens (tertiary/aromatic N) is 1. The molecule has 0 aliphatic rings. The van der Waals surface area contributed by atoms with Crippen molar-refractivity contribution >= 4 is 44.2 Å². The van der Waals surface area contributed by atoms with E-state index in [1.165, 1.54) is 11.3 Å². The first kappa shape index (κ1) is 13.9. The molecule has 0 aliphatic carbocycles. The van der Waals surface area contributed by atoms with Crippen LogP contribution in [-0.4, -0.2) is 10.9 Å². The number of carbonyl (C=O) groups is 1. The zero-order valence-corrected chi connectivity index (χ0v) is 11.9. The fraction of sp³-hybridized carbons (Fsp3) is 0. The van der Waals surface area contributed by atoms with Crippen LogP contribution in [0.3, 0.4) is 0 Å². The number of thiazole rings is 1. The maximum atomic E-state index is 13.5. The Bertz CT molecular complexity index is 850. The smallest absolute Gasteiger partial charge is 0.260 e. The van der Waals surface area contributed by atoms with Gasteiger partial charge >= 0.3 is 0 Å². The van der Waals surface area contributed by atoms with Crippen LogP contribution in [0.15, 0.2) is 36.4 Å². The van der Waals surface area contributed by atoms with Gasteiger partial charge in [-0.3, -0.25) is 10.1 Å². The zero-order chi connectivity index (χ0) is 15.0. The van der Waals surface area contributed by atoms with E-state index in [4.69, 9.17) is 11.6 Å². The SMILES string of the molecule is O=C(Nc1nc2c(Cl)cccc2s1)c1ccc(F)cc1F. The lowest BCUT2D eigenvalue weighted by molar-refractivity contribution is 0.102. The second kappa shape index (κ2) is 5.38. The molecule has 0 atom stereocenters. The first-order valence-corrected chi connectivity index (χ1v) is 7.05. The van der Waals surface area contributed by atoms with Gasteiger partial charge in [-0.15, -0.1) is 0 Å². The van der Waals surface area contributed by atoms with Gasteiger partial charge in [0.05, 0.1) is 15.3 Å². The third-order valence-electron chi connectivity index (χ3n) is 2.77. The highest BCUT2D eigenvalue weighted by Crippen LogP contribution is 2.30. The maximum absolute atomic E-state index is 13.5. The highest BCUT2D eigenvalue weighted by molar-refractivity contribution is 7.22. The molecule has 0 unspecified atom stereocenters. The topological polar surface area (TPSA) is 42.0 Å². The molecule has 7 heteroatoms. The Kier molecular flexibility index (Phi) is 3.57. The summed E-state index contributed by atoms with van der Waals surface area (Å²) in [6, 6.07) is 8.04. The van der Waals surface area contributed by atoms with Crippen molar-refractivity contribution in [1.29, 1.82) is 0 Å². The lowest BCUT2D eigenvalue weighted by atomic mass is 10.2. The zero-order valence-electron chi connectivity index (χ0n) is 10.4. The van der Waals surface area contributed by atoms with E-state index in [0.29, 0.717) is 21.7 Å². The Morgan fingerprint density at radius 2 is 2.05 bits per heavy atom. The molecular weight excluding hydrogens is 318 g/mol. The summed E-state index contributed by atoms with van der Waals surface area (Å²) in [7, 11) is 0. The molecule has 1 amide bonds. The molecule has 106 valence electrons. The summed E-state index contributed by atoms with van der Waals surface area (Å²) in [6.45, 7) is 0. The summed E-state index contributed by atoms with van der Waals surface area (Å²) in [4.78, 5) is 16.2. The maximum Gasteiger partial charge on any atom is 0.260 e. The predicted octanol–water partition coefficient (Wildman–Crippen LogP) is 4.48. The average Bonchev–Trinajstić information content (AvgIpc) is 2.82. The molecular formula is C14H7ClF2N2OS. The number of hydrogen-bond acceptors (Lipinski definition) is 3. The van der Waals surface area contributed by atoms with Crippen molar-refractivity contribution < 1.29 is 13.6 Å². The Morgan fingerprint density at radius 1 is 1.24 bits per heavy atom. The van der Waals surface area contributed by atoms with Gasteiger partial charge in [0.1, 0.15) is 17.2 Å². The number of fused-ring (bicyclic) bond motifs is 1. The molecule has 0 saturated carbocycles. The van der Waals surface area contributed by atoms with Crippen molar-refractivity contribution in [3.8, 4) is 0 Å². The summed E-state index contributed by atoms with van der Waals surface area (Å²) >= 11 is 7.22. The molecule has 0 saturated heterocycles. The fourth-order valence-electron chi connectivity index (χ4n) is 1.81. The fourth-order valence-corrected chi connectivity index (χ4v) is 2.97. The van der Waals surface area contributed by atoms with E-state index in [2.05, 4.69) is 10.3 Å². The molecule has 0 bridgehead atoms. The molecule has 2 aromatic carbocycles. The van der Waals surface area contributed by atoms with Crippen molar-refractivity contribution in [2.24, 2.45) is 0 Å². The van der Waals surface area contributed by atoms with Gasteiger partial charge in [-0.05, 0) is 24.3 Å². The number of para-hydroxylation sites is 1. The van der Waals surface area contributed by atoms with E-state index in [9.17, 15) is 13.6 Å². The molecule has 1 N–H and O–H groups in total. The minimum absolute atomic E-state index is 0.248. The summed E-state index contributed by atoms with van der Waals surface area (Å²) in [5.74, 6) is -2.36. The monoisotopic (exact) mass is 324 g/mol. The number of carbonyl (C=O) groups excluding carboxylic acids is 1. The van der Waals surface area contributed by atoms with E-state index < -0.39 is 17.5 Å². The van der Waals surface area contributed by atoms with Crippen molar-refractivity contribution in [3.05, 3.63) is 58.6 Å². The number of hydrogen-bond donors (Lipinski definition) is 1. The number of anilines is 1. The van der Waals surface area contributed by atoms with Crippen LogP contribution in [0.4, 0.5) is 13.9 Å². The van der Waals surface area contributed by atoms with Gasteiger partial charge in [-0.1, -0.05) is 29.0 Å². The van der Waals surface area contributed by atoms with Crippen LogP contribution in [-0.2, 0) is 0 Å². The molecule has 0 spiro atoms. The van der Waals surface area contributed by atoms with Crippen LogP contribution in [0.5, 0.6) is 0 Å². The van der Waals surface area contributed by atoms with Gasteiger partial charge in [-0.2, -0.15) is 0 Å². The number of rotatable bonds is 2. The normalized spacial score (nSPS) is 10.8. The second-order valence-corrected chi connectivity index (χ2v) is 5.62. The number of nitrogens with one attached hydrogen (secondary N) is 1. The highest BCUT2D eigenvalue weighted by Gasteiger charge is 2.15. The van der Waals surface area contributed by atoms with Crippen molar-refractivity contribution in [1.82, 2.24) is 4.98 Å². The summed E-state index contributed by atoms with van der Waals surface area (Å²) in [5.41, 5.74) is 0.320. The Labute approximate surface area is 127 Å². The minimum Gasteiger partial charge on any atom is -0.298 e. The molecule has 3 rings (SSSR count). The molecule has 0 radical (unpaired) electrons. The van der Waals surface area contributed by atoms with Crippen molar-refractivity contribution in [2.45, 2.75) is 0 Å². The van der Waals surface area contributed by atoms with Crippen LogP contribution in [0.2, 0.25) is 5.02 Å². The summed E-state index contributed by atoms with van der Waals surface area (Å²) in [6.07, 6.45) is 0. The van der Waals surface area contributed by atoms with Crippen LogP contribution in [0, 0.1) is 11.6 Å². The lowest BCUT2D eigenvalue weighted by Crippen LogP contribution is -2.13. The molecule has 0 fully saturated rings. The Hall–Kier alpha value is -2.05. The molecule has 1 heterocycles.